The molecule has 23 heavy (non-hydrogen) atoms. The number of anilines is 1. The van der Waals surface area contributed by atoms with Crippen LogP contribution in [0.5, 0.6) is 0 Å². The van der Waals surface area contributed by atoms with Crippen molar-refractivity contribution in [2.45, 2.75) is 0 Å². The Morgan fingerprint density at radius 2 is 1.91 bits per heavy atom. The summed E-state index contributed by atoms with van der Waals surface area (Å²) in [5.41, 5.74) is 4.40. The number of fused-ring (bicyclic) bond motifs is 2. The fourth-order valence-electron chi connectivity index (χ4n) is 2.84. The first-order valence-electron chi connectivity index (χ1n) is 7.49. The zero-order valence-corrected chi connectivity index (χ0v) is 13.4. The molecule has 4 aromatic rings. The number of aryl methyl sites for hydroxylation is 1. The van der Waals surface area contributed by atoms with E-state index in [9.17, 15) is 0 Å². The molecule has 2 heterocycles. The molecule has 0 aliphatic rings. The van der Waals surface area contributed by atoms with Crippen molar-refractivity contribution in [2.75, 3.05) is 19.0 Å². The predicted molar refractivity (Wildman–Crippen MR) is 93.6 cm³/mol. The molecule has 0 atom stereocenters. The van der Waals surface area contributed by atoms with E-state index in [1.807, 2.05) is 43.1 Å². The first-order valence-corrected chi connectivity index (χ1v) is 7.49. The normalized spacial score (nSPS) is 11.3. The highest BCUT2D eigenvalue weighted by Crippen LogP contribution is 2.30. The first-order chi connectivity index (χ1) is 11.1. The molecule has 0 N–H and O–H groups in total. The van der Waals surface area contributed by atoms with Crippen molar-refractivity contribution in [2.24, 2.45) is 7.05 Å². The van der Waals surface area contributed by atoms with E-state index in [-0.39, 0.29) is 0 Å². The second-order valence-electron chi connectivity index (χ2n) is 5.84. The van der Waals surface area contributed by atoms with Crippen LogP contribution in [0.1, 0.15) is 0 Å². The maximum atomic E-state index is 4.57. The second-order valence-corrected chi connectivity index (χ2v) is 5.84. The van der Waals surface area contributed by atoms with Gasteiger partial charge in [0, 0.05) is 38.1 Å². The maximum absolute atomic E-state index is 4.57. The van der Waals surface area contributed by atoms with Gasteiger partial charge in [-0.3, -0.25) is 4.68 Å². The molecular weight excluding hydrogens is 286 g/mol. The van der Waals surface area contributed by atoms with Crippen molar-refractivity contribution < 1.29 is 0 Å². The third-order valence-corrected chi connectivity index (χ3v) is 4.07. The van der Waals surface area contributed by atoms with Crippen LogP contribution in [-0.2, 0) is 7.05 Å². The average molecular weight is 303 g/mol. The van der Waals surface area contributed by atoms with Crippen molar-refractivity contribution in [3.05, 3.63) is 48.8 Å². The van der Waals surface area contributed by atoms with Crippen molar-refractivity contribution in [1.29, 1.82) is 0 Å². The van der Waals surface area contributed by atoms with Gasteiger partial charge in [0.15, 0.2) is 0 Å². The molecule has 0 saturated carbocycles. The summed E-state index contributed by atoms with van der Waals surface area (Å²) in [5.74, 6) is 0.722. The van der Waals surface area contributed by atoms with Gasteiger partial charge < -0.3 is 4.90 Å². The van der Waals surface area contributed by atoms with E-state index < -0.39 is 0 Å². The molecule has 5 heteroatoms. The summed E-state index contributed by atoms with van der Waals surface area (Å²) in [7, 11) is 5.85. The standard InChI is InChI=1S/C18H17N5/c1-22(2)18-19-10-13-9-12(7-8-16(13)21-18)14-5-4-6-17-15(14)11-20-23(17)3/h4-11H,1-3H3. The van der Waals surface area contributed by atoms with Crippen LogP contribution >= 0.6 is 0 Å². The lowest BCUT2D eigenvalue weighted by atomic mass is 10.0. The fraction of sp³-hybridized carbons (Fsp3) is 0.167. The number of rotatable bonds is 2. The molecule has 2 aromatic carbocycles. The van der Waals surface area contributed by atoms with Crippen LogP contribution in [0, 0.1) is 0 Å². The van der Waals surface area contributed by atoms with Gasteiger partial charge in [-0.2, -0.15) is 5.10 Å². The Hall–Kier alpha value is -2.95. The highest BCUT2D eigenvalue weighted by Gasteiger charge is 2.09. The molecule has 0 fully saturated rings. The van der Waals surface area contributed by atoms with Crippen LogP contribution in [-0.4, -0.2) is 33.8 Å². The predicted octanol–water partition coefficient (Wildman–Crippen LogP) is 3.25. The SMILES string of the molecule is CN(C)c1ncc2cc(-c3cccc4c3cnn4C)ccc2n1. The summed E-state index contributed by atoms with van der Waals surface area (Å²) in [6.45, 7) is 0. The van der Waals surface area contributed by atoms with E-state index in [0.717, 1.165) is 33.3 Å². The zero-order valence-electron chi connectivity index (χ0n) is 13.4. The lowest BCUT2D eigenvalue weighted by molar-refractivity contribution is 0.797. The number of aromatic nitrogens is 4. The van der Waals surface area contributed by atoms with Crippen LogP contribution in [0.2, 0.25) is 0 Å². The van der Waals surface area contributed by atoms with Crippen LogP contribution in [0.4, 0.5) is 5.95 Å². The minimum absolute atomic E-state index is 0.722. The molecule has 0 saturated heterocycles. The zero-order chi connectivity index (χ0) is 16.0. The van der Waals surface area contributed by atoms with Crippen LogP contribution in [0.15, 0.2) is 48.8 Å². The van der Waals surface area contributed by atoms with Crippen molar-refractivity contribution in [3.8, 4) is 11.1 Å². The average Bonchev–Trinajstić information content (AvgIpc) is 2.95. The van der Waals surface area contributed by atoms with E-state index in [2.05, 4.69) is 51.5 Å². The Labute approximate surface area is 134 Å². The molecule has 0 unspecified atom stereocenters. The van der Waals surface area contributed by atoms with Crippen LogP contribution in [0.25, 0.3) is 32.9 Å². The van der Waals surface area contributed by atoms with Gasteiger partial charge in [0.05, 0.1) is 17.2 Å². The summed E-state index contributed by atoms with van der Waals surface area (Å²) in [4.78, 5) is 10.9. The van der Waals surface area contributed by atoms with E-state index in [0.29, 0.717) is 0 Å². The van der Waals surface area contributed by atoms with Crippen molar-refractivity contribution in [3.63, 3.8) is 0 Å². The largest absolute Gasteiger partial charge is 0.347 e. The van der Waals surface area contributed by atoms with Gasteiger partial charge in [-0.15, -0.1) is 0 Å². The number of hydrogen-bond donors (Lipinski definition) is 0. The molecule has 2 aromatic heterocycles. The molecule has 5 nitrogen and oxygen atoms in total. The molecule has 0 amide bonds. The molecular formula is C18H17N5. The Morgan fingerprint density at radius 1 is 1.04 bits per heavy atom. The van der Waals surface area contributed by atoms with E-state index in [1.54, 1.807) is 0 Å². The van der Waals surface area contributed by atoms with Gasteiger partial charge in [-0.25, -0.2) is 9.97 Å². The van der Waals surface area contributed by atoms with Crippen molar-refractivity contribution >= 4 is 27.8 Å². The Kier molecular flexibility index (Phi) is 3.01. The summed E-state index contributed by atoms with van der Waals surface area (Å²) in [6.07, 6.45) is 3.80. The lowest BCUT2D eigenvalue weighted by Gasteiger charge is -2.11. The lowest BCUT2D eigenvalue weighted by Crippen LogP contribution is -2.12. The number of nitrogens with zero attached hydrogens (tertiary/aromatic N) is 5. The minimum atomic E-state index is 0.722. The molecule has 114 valence electrons. The fourth-order valence-corrected chi connectivity index (χ4v) is 2.84. The van der Waals surface area contributed by atoms with E-state index in [4.69, 9.17) is 0 Å². The van der Waals surface area contributed by atoms with Gasteiger partial charge in [0.2, 0.25) is 5.95 Å². The molecule has 0 radical (unpaired) electrons. The van der Waals surface area contributed by atoms with Gasteiger partial charge in [-0.05, 0) is 29.3 Å². The van der Waals surface area contributed by atoms with Gasteiger partial charge in [-0.1, -0.05) is 18.2 Å². The summed E-state index contributed by atoms with van der Waals surface area (Å²) < 4.78 is 1.90. The maximum Gasteiger partial charge on any atom is 0.225 e. The smallest absolute Gasteiger partial charge is 0.225 e. The number of benzene rings is 2. The summed E-state index contributed by atoms with van der Waals surface area (Å²) in [5, 5.41) is 6.55. The molecule has 4 rings (SSSR count). The molecule has 0 aliphatic heterocycles. The van der Waals surface area contributed by atoms with Gasteiger partial charge >= 0.3 is 0 Å². The highest BCUT2D eigenvalue weighted by molar-refractivity contribution is 5.97. The first kappa shape index (κ1) is 13.7. The Morgan fingerprint density at radius 3 is 2.74 bits per heavy atom. The quantitative estimate of drug-likeness (QED) is 0.570. The van der Waals surface area contributed by atoms with E-state index >= 15 is 0 Å². The third kappa shape index (κ3) is 2.21. The summed E-state index contributed by atoms with van der Waals surface area (Å²) >= 11 is 0. The topological polar surface area (TPSA) is 46.8 Å². The molecule has 0 bridgehead atoms. The Bertz CT molecular complexity index is 1020. The van der Waals surface area contributed by atoms with Crippen LogP contribution < -0.4 is 4.90 Å². The van der Waals surface area contributed by atoms with Gasteiger partial charge in [0.1, 0.15) is 0 Å². The molecule has 0 aliphatic carbocycles. The second kappa shape index (κ2) is 5.05. The third-order valence-electron chi connectivity index (χ3n) is 4.07. The summed E-state index contributed by atoms with van der Waals surface area (Å²) in [6, 6.07) is 12.6. The number of hydrogen-bond acceptors (Lipinski definition) is 4. The van der Waals surface area contributed by atoms with Crippen LogP contribution in [0.3, 0.4) is 0 Å². The molecule has 0 spiro atoms. The van der Waals surface area contributed by atoms with Gasteiger partial charge in [0.25, 0.3) is 0 Å². The minimum Gasteiger partial charge on any atom is -0.347 e. The van der Waals surface area contributed by atoms with Crippen molar-refractivity contribution in [1.82, 2.24) is 19.7 Å². The van der Waals surface area contributed by atoms with E-state index in [1.165, 1.54) is 5.56 Å². The monoisotopic (exact) mass is 303 g/mol. The Balaban J connectivity index is 1.90. The highest BCUT2D eigenvalue weighted by atomic mass is 15.2.